The van der Waals surface area contributed by atoms with Crippen molar-refractivity contribution in [3.8, 4) is 0 Å². The first-order valence-corrected chi connectivity index (χ1v) is 9.39. The number of nitrogens with two attached hydrogens (primary N) is 1. The normalized spacial score (nSPS) is 37.3. The molecule has 4 fully saturated rings. The SMILES string of the molecule is Cc1nnc(SCC23CC4CC(CC(C4)C2)C3)n1CCN. The van der Waals surface area contributed by atoms with Crippen molar-refractivity contribution in [3.63, 3.8) is 0 Å². The van der Waals surface area contributed by atoms with Gasteiger partial charge in [0.2, 0.25) is 0 Å². The van der Waals surface area contributed by atoms with Gasteiger partial charge in [-0.25, -0.2) is 0 Å². The molecule has 0 aromatic carbocycles. The van der Waals surface area contributed by atoms with Crippen LogP contribution < -0.4 is 5.73 Å². The lowest BCUT2D eigenvalue weighted by molar-refractivity contribution is -0.0382. The third-order valence-electron chi connectivity index (χ3n) is 5.93. The van der Waals surface area contributed by atoms with Crippen molar-refractivity contribution in [3.05, 3.63) is 5.82 Å². The molecule has 0 radical (unpaired) electrons. The zero-order valence-electron chi connectivity index (χ0n) is 12.9. The molecule has 5 heteroatoms. The van der Waals surface area contributed by atoms with Gasteiger partial charge < -0.3 is 10.3 Å². The lowest BCUT2D eigenvalue weighted by Gasteiger charge is -2.56. The van der Waals surface area contributed by atoms with Gasteiger partial charge in [0.25, 0.3) is 0 Å². The van der Waals surface area contributed by atoms with E-state index in [1.54, 1.807) is 0 Å². The average Bonchev–Trinajstić information content (AvgIpc) is 2.77. The molecular weight excluding hydrogens is 280 g/mol. The highest BCUT2D eigenvalue weighted by Crippen LogP contribution is 2.61. The van der Waals surface area contributed by atoms with Gasteiger partial charge in [-0.05, 0) is 68.6 Å². The second-order valence-electron chi connectivity index (χ2n) is 7.68. The van der Waals surface area contributed by atoms with E-state index in [-0.39, 0.29) is 0 Å². The first-order chi connectivity index (χ1) is 10.2. The second kappa shape index (κ2) is 5.27. The molecule has 1 heterocycles. The lowest BCUT2D eigenvalue weighted by atomic mass is 9.50. The summed E-state index contributed by atoms with van der Waals surface area (Å²) in [7, 11) is 0. The van der Waals surface area contributed by atoms with E-state index in [0.29, 0.717) is 12.0 Å². The fraction of sp³-hybridized carbons (Fsp3) is 0.875. The van der Waals surface area contributed by atoms with Crippen molar-refractivity contribution in [1.29, 1.82) is 0 Å². The Bertz CT molecular complexity index is 489. The zero-order valence-corrected chi connectivity index (χ0v) is 13.7. The minimum absolute atomic E-state index is 0.604. The van der Waals surface area contributed by atoms with Gasteiger partial charge in [-0.3, -0.25) is 0 Å². The van der Waals surface area contributed by atoms with Gasteiger partial charge in [0.1, 0.15) is 5.82 Å². The van der Waals surface area contributed by atoms with Crippen LogP contribution in [0.15, 0.2) is 5.16 Å². The molecule has 1 aromatic rings. The van der Waals surface area contributed by atoms with Gasteiger partial charge in [0, 0.05) is 18.8 Å². The Kier molecular flexibility index (Phi) is 3.53. The van der Waals surface area contributed by atoms with Crippen LogP contribution in [0, 0.1) is 30.1 Å². The smallest absolute Gasteiger partial charge is 0.191 e. The van der Waals surface area contributed by atoms with E-state index in [1.807, 2.05) is 18.7 Å². The summed E-state index contributed by atoms with van der Waals surface area (Å²) in [5.74, 6) is 5.31. The summed E-state index contributed by atoms with van der Waals surface area (Å²) < 4.78 is 2.19. The summed E-state index contributed by atoms with van der Waals surface area (Å²) in [6.45, 7) is 3.52. The largest absolute Gasteiger partial charge is 0.329 e. The topological polar surface area (TPSA) is 56.7 Å². The number of thioether (sulfide) groups is 1. The highest BCUT2D eigenvalue weighted by molar-refractivity contribution is 7.99. The van der Waals surface area contributed by atoms with Crippen LogP contribution >= 0.6 is 11.8 Å². The van der Waals surface area contributed by atoms with E-state index in [9.17, 15) is 0 Å². The Morgan fingerprint density at radius 3 is 2.33 bits per heavy atom. The quantitative estimate of drug-likeness (QED) is 0.850. The molecule has 0 aliphatic heterocycles. The Labute approximate surface area is 131 Å². The number of rotatable bonds is 5. The molecule has 0 saturated heterocycles. The summed E-state index contributed by atoms with van der Waals surface area (Å²) in [5.41, 5.74) is 6.32. The average molecular weight is 306 g/mol. The fourth-order valence-electron chi connectivity index (χ4n) is 5.54. The fourth-order valence-corrected chi connectivity index (χ4v) is 6.81. The Morgan fingerprint density at radius 2 is 1.76 bits per heavy atom. The van der Waals surface area contributed by atoms with Crippen molar-refractivity contribution >= 4 is 11.8 Å². The maximum absolute atomic E-state index is 5.71. The minimum Gasteiger partial charge on any atom is -0.329 e. The summed E-state index contributed by atoms with van der Waals surface area (Å²) in [6, 6.07) is 0. The molecule has 0 amide bonds. The molecule has 4 aliphatic rings. The Balaban J connectivity index is 1.47. The molecule has 116 valence electrons. The van der Waals surface area contributed by atoms with Crippen molar-refractivity contribution in [1.82, 2.24) is 14.8 Å². The second-order valence-corrected chi connectivity index (χ2v) is 8.62. The van der Waals surface area contributed by atoms with Gasteiger partial charge in [0.05, 0.1) is 0 Å². The molecule has 4 nitrogen and oxygen atoms in total. The summed E-state index contributed by atoms with van der Waals surface area (Å²) in [6.07, 6.45) is 8.97. The first-order valence-electron chi connectivity index (χ1n) is 8.40. The van der Waals surface area contributed by atoms with Crippen LogP contribution in [-0.4, -0.2) is 27.1 Å². The van der Waals surface area contributed by atoms with E-state index in [4.69, 9.17) is 5.73 Å². The van der Waals surface area contributed by atoms with Crippen LogP contribution in [0.1, 0.15) is 44.3 Å². The highest BCUT2D eigenvalue weighted by atomic mass is 32.2. The summed E-state index contributed by atoms with van der Waals surface area (Å²) in [4.78, 5) is 0. The van der Waals surface area contributed by atoms with Crippen LogP contribution in [-0.2, 0) is 6.54 Å². The standard InChI is InChI=1S/C16H26N4S/c1-11-18-19-15(20(11)3-2-17)21-10-16-7-12-4-13(8-16)6-14(5-12)9-16/h12-14H,2-10,17H2,1H3. The number of aryl methyl sites for hydroxylation is 1. The predicted molar refractivity (Wildman–Crippen MR) is 85.1 cm³/mol. The third kappa shape index (κ3) is 2.52. The molecular formula is C16H26N4S. The Hall–Kier alpha value is -0.550. The lowest BCUT2D eigenvalue weighted by Crippen LogP contribution is -2.47. The molecule has 2 N–H and O–H groups in total. The van der Waals surface area contributed by atoms with Crippen LogP contribution in [0.5, 0.6) is 0 Å². The molecule has 21 heavy (non-hydrogen) atoms. The molecule has 5 rings (SSSR count). The number of hydrogen-bond acceptors (Lipinski definition) is 4. The monoisotopic (exact) mass is 306 g/mol. The third-order valence-corrected chi connectivity index (χ3v) is 7.24. The van der Waals surface area contributed by atoms with Crippen molar-refractivity contribution in [2.45, 2.75) is 57.1 Å². The van der Waals surface area contributed by atoms with E-state index < -0.39 is 0 Å². The first kappa shape index (κ1) is 14.1. The maximum atomic E-state index is 5.71. The van der Waals surface area contributed by atoms with Gasteiger partial charge in [-0.1, -0.05) is 11.8 Å². The molecule has 4 bridgehead atoms. The van der Waals surface area contributed by atoms with Crippen LogP contribution in [0.4, 0.5) is 0 Å². The number of nitrogens with zero attached hydrogens (tertiary/aromatic N) is 3. The summed E-state index contributed by atoms with van der Waals surface area (Å²) >= 11 is 1.93. The van der Waals surface area contributed by atoms with Crippen LogP contribution in [0.25, 0.3) is 0 Å². The van der Waals surface area contributed by atoms with E-state index in [0.717, 1.165) is 35.3 Å². The van der Waals surface area contributed by atoms with Crippen molar-refractivity contribution in [2.24, 2.45) is 28.9 Å². The van der Waals surface area contributed by atoms with Gasteiger partial charge in [-0.15, -0.1) is 10.2 Å². The van der Waals surface area contributed by atoms with Crippen LogP contribution in [0.3, 0.4) is 0 Å². The molecule has 4 saturated carbocycles. The molecule has 0 unspecified atom stereocenters. The van der Waals surface area contributed by atoms with Crippen molar-refractivity contribution in [2.75, 3.05) is 12.3 Å². The predicted octanol–water partition coefficient (Wildman–Crippen LogP) is 2.85. The minimum atomic E-state index is 0.604. The molecule has 0 atom stereocenters. The van der Waals surface area contributed by atoms with Gasteiger partial charge in [0.15, 0.2) is 5.16 Å². The number of aromatic nitrogens is 3. The van der Waals surface area contributed by atoms with E-state index in [1.165, 1.54) is 44.3 Å². The van der Waals surface area contributed by atoms with Crippen LogP contribution in [0.2, 0.25) is 0 Å². The number of hydrogen-bond donors (Lipinski definition) is 1. The van der Waals surface area contributed by atoms with Gasteiger partial charge in [-0.2, -0.15) is 0 Å². The zero-order chi connectivity index (χ0) is 14.4. The highest BCUT2D eigenvalue weighted by Gasteiger charge is 2.50. The molecule has 4 aliphatic carbocycles. The van der Waals surface area contributed by atoms with E-state index >= 15 is 0 Å². The summed E-state index contributed by atoms with van der Waals surface area (Å²) in [5, 5.41) is 9.69. The van der Waals surface area contributed by atoms with Crippen molar-refractivity contribution < 1.29 is 0 Å². The molecule has 1 aromatic heterocycles. The Morgan fingerprint density at radius 1 is 1.14 bits per heavy atom. The van der Waals surface area contributed by atoms with E-state index in [2.05, 4.69) is 14.8 Å². The molecule has 0 spiro atoms. The maximum Gasteiger partial charge on any atom is 0.191 e. The van der Waals surface area contributed by atoms with Gasteiger partial charge >= 0.3 is 0 Å².